The van der Waals surface area contributed by atoms with E-state index in [0.717, 1.165) is 6.07 Å². The Morgan fingerprint density at radius 2 is 1.90 bits per heavy atom. The second-order valence-corrected chi connectivity index (χ2v) is 5.43. The van der Waals surface area contributed by atoms with Crippen molar-refractivity contribution < 1.29 is 24.5 Å². The van der Waals surface area contributed by atoms with Gasteiger partial charge in [0.15, 0.2) is 0 Å². The van der Waals surface area contributed by atoms with Gasteiger partial charge in [0.2, 0.25) is 5.91 Å². The number of carbonyl (C=O) groups excluding carboxylic acids is 2. The zero-order chi connectivity index (χ0) is 16.0. The van der Waals surface area contributed by atoms with Crippen LogP contribution in [0.1, 0.15) is 27.2 Å². The van der Waals surface area contributed by atoms with E-state index in [2.05, 4.69) is 10.6 Å². The van der Waals surface area contributed by atoms with Crippen LogP contribution in [0.2, 0.25) is 0 Å². The third kappa shape index (κ3) is 6.51. The Bertz CT molecular complexity index is 523. The first-order chi connectivity index (χ1) is 9.67. The summed E-state index contributed by atoms with van der Waals surface area (Å²) < 4.78 is 5.02. The third-order valence-electron chi connectivity index (χ3n) is 2.28. The molecular weight excluding hydrogens is 276 g/mol. The summed E-state index contributed by atoms with van der Waals surface area (Å²) in [4.78, 5) is 23.0. The summed E-state index contributed by atoms with van der Waals surface area (Å²) in [6.07, 6.45) is -0.567. The van der Waals surface area contributed by atoms with Gasteiger partial charge < -0.3 is 25.6 Å². The van der Waals surface area contributed by atoms with Crippen molar-refractivity contribution in [3.8, 4) is 11.5 Å². The summed E-state index contributed by atoms with van der Waals surface area (Å²) in [6.45, 7) is 5.34. The van der Waals surface area contributed by atoms with Gasteiger partial charge in [-0.25, -0.2) is 4.79 Å². The van der Waals surface area contributed by atoms with E-state index < -0.39 is 11.7 Å². The molecule has 0 unspecified atom stereocenters. The van der Waals surface area contributed by atoms with Crippen molar-refractivity contribution in [2.24, 2.45) is 0 Å². The standard InChI is InChI=1S/C14H20N2O5/c1-14(2,3)21-13(20)15-7-6-12(19)16-10-5-4-9(17)8-11(10)18/h4-5,8,17-18H,6-7H2,1-3H3,(H,15,20)(H,16,19). The quantitative estimate of drug-likeness (QED) is 0.502. The molecule has 116 valence electrons. The van der Waals surface area contributed by atoms with Crippen LogP contribution in [-0.2, 0) is 9.53 Å². The molecule has 0 saturated heterocycles. The van der Waals surface area contributed by atoms with Crippen molar-refractivity contribution in [2.75, 3.05) is 11.9 Å². The van der Waals surface area contributed by atoms with Gasteiger partial charge in [0.05, 0.1) is 5.69 Å². The largest absolute Gasteiger partial charge is 0.508 e. The summed E-state index contributed by atoms with van der Waals surface area (Å²) in [5.41, 5.74) is -0.403. The van der Waals surface area contributed by atoms with Gasteiger partial charge in [-0.1, -0.05) is 0 Å². The number of hydrogen-bond acceptors (Lipinski definition) is 5. The highest BCUT2D eigenvalue weighted by atomic mass is 16.6. The van der Waals surface area contributed by atoms with E-state index in [4.69, 9.17) is 9.84 Å². The minimum atomic E-state index is -0.595. The second-order valence-electron chi connectivity index (χ2n) is 5.43. The first-order valence-corrected chi connectivity index (χ1v) is 6.46. The van der Waals surface area contributed by atoms with Crippen LogP contribution in [0.4, 0.5) is 10.5 Å². The average Bonchev–Trinajstić information content (AvgIpc) is 2.30. The predicted octanol–water partition coefficient (Wildman–Crippen LogP) is 1.95. The molecular formula is C14H20N2O5. The molecule has 0 aromatic heterocycles. The number of benzene rings is 1. The van der Waals surface area contributed by atoms with Crippen LogP contribution in [0.15, 0.2) is 18.2 Å². The Morgan fingerprint density at radius 3 is 2.48 bits per heavy atom. The highest BCUT2D eigenvalue weighted by Crippen LogP contribution is 2.27. The lowest BCUT2D eigenvalue weighted by Crippen LogP contribution is -2.34. The molecule has 0 aliphatic carbocycles. The molecule has 21 heavy (non-hydrogen) atoms. The number of amides is 2. The van der Waals surface area contributed by atoms with Gasteiger partial charge in [-0.3, -0.25) is 4.79 Å². The Kier molecular flexibility index (Phi) is 5.40. The van der Waals surface area contributed by atoms with E-state index in [1.807, 2.05) is 0 Å². The van der Waals surface area contributed by atoms with Crippen LogP contribution in [0, 0.1) is 0 Å². The minimum Gasteiger partial charge on any atom is -0.508 e. The summed E-state index contributed by atoms with van der Waals surface area (Å²) in [6, 6.07) is 3.84. The van der Waals surface area contributed by atoms with Gasteiger partial charge in [0.1, 0.15) is 17.1 Å². The van der Waals surface area contributed by atoms with Crippen LogP contribution in [0.5, 0.6) is 11.5 Å². The van der Waals surface area contributed by atoms with Gasteiger partial charge in [-0.05, 0) is 32.9 Å². The molecule has 0 atom stereocenters. The number of nitrogens with one attached hydrogen (secondary N) is 2. The maximum Gasteiger partial charge on any atom is 0.407 e. The van der Waals surface area contributed by atoms with Gasteiger partial charge in [-0.15, -0.1) is 0 Å². The maximum absolute atomic E-state index is 11.6. The van der Waals surface area contributed by atoms with Gasteiger partial charge >= 0.3 is 6.09 Å². The van der Waals surface area contributed by atoms with Gasteiger partial charge in [0, 0.05) is 19.0 Å². The zero-order valence-electron chi connectivity index (χ0n) is 12.3. The number of hydrogen-bond donors (Lipinski definition) is 4. The van der Waals surface area contributed by atoms with Crippen molar-refractivity contribution in [1.82, 2.24) is 5.32 Å². The monoisotopic (exact) mass is 296 g/mol. The van der Waals surface area contributed by atoms with Crippen LogP contribution in [0.3, 0.4) is 0 Å². The number of alkyl carbamates (subject to hydrolysis) is 1. The molecule has 2 amide bonds. The van der Waals surface area contributed by atoms with Crippen molar-refractivity contribution in [3.05, 3.63) is 18.2 Å². The number of aromatic hydroxyl groups is 2. The Morgan fingerprint density at radius 1 is 1.24 bits per heavy atom. The lowest BCUT2D eigenvalue weighted by molar-refractivity contribution is -0.116. The fourth-order valence-electron chi connectivity index (χ4n) is 1.43. The molecule has 0 bridgehead atoms. The Balaban J connectivity index is 2.36. The first-order valence-electron chi connectivity index (χ1n) is 6.46. The van der Waals surface area contributed by atoms with Crippen LogP contribution in [-0.4, -0.2) is 34.4 Å². The van der Waals surface area contributed by atoms with Crippen molar-refractivity contribution >= 4 is 17.7 Å². The summed E-state index contributed by atoms with van der Waals surface area (Å²) >= 11 is 0. The summed E-state index contributed by atoms with van der Waals surface area (Å²) in [5, 5.41) is 23.6. The molecule has 1 rings (SSSR count). The molecule has 0 aliphatic rings. The molecule has 7 heteroatoms. The minimum absolute atomic E-state index is 0.0273. The molecule has 0 spiro atoms. The van der Waals surface area contributed by atoms with E-state index in [1.165, 1.54) is 12.1 Å². The van der Waals surface area contributed by atoms with Crippen molar-refractivity contribution in [2.45, 2.75) is 32.8 Å². The number of anilines is 1. The normalized spacial score (nSPS) is 10.8. The molecule has 0 fully saturated rings. The van der Waals surface area contributed by atoms with E-state index >= 15 is 0 Å². The summed E-state index contributed by atoms with van der Waals surface area (Å²) in [7, 11) is 0. The van der Waals surface area contributed by atoms with Gasteiger partial charge in [0.25, 0.3) is 0 Å². The van der Waals surface area contributed by atoms with E-state index in [1.54, 1.807) is 20.8 Å². The van der Waals surface area contributed by atoms with E-state index in [9.17, 15) is 14.7 Å². The number of rotatable bonds is 4. The van der Waals surface area contributed by atoms with E-state index in [0.29, 0.717) is 0 Å². The maximum atomic E-state index is 11.6. The predicted molar refractivity (Wildman–Crippen MR) is 77.3 cm³/mol. The number of carbonyl (C=O) groups is 2. The number of phenols is 2. The molecule has 0 aliphatic heterocycles. The van der Waals surface area contributed by atoms with Crippen molar-refractivity contribution in [3.63, 3.8) is 0 Å². The lowest BCUT2D eigenvalue weighted by Gasteiger charge is -2.19. The average molecular weight is 296 g/mol. The first kappa shape index (κ1) is 16.6. The molecule has 1 aromatic rings. The fourth-order valence-corrected chi connectivity index (χ4v) is 1.43. The fraction of sp³-hybridized carbons (Fsp3) is 0.429. The number of phenolic OH excluding ortho intramolecular Hbond substituents is 2. The topological polar surface area (TPSA) is 108 Å². The van der Waals surface area contributed by atoms with E-state index in [-0.39, 0.29) is 36.1 Å². The molecule has 1 aromatic carbocycles. The summed E-state index contributed by atoms with van der Waals surface area (Å²) in [5.74, 6) is -0.715. The Labute approximate surface area is 122 Å². The zero-order valence-corrected chi connectivity index (χ0v) is 12.3. The second kappa shape index (κ2) is 6.83. The molecule has 0 saturated carbocycles. The van der Waals surface area contributed by atoms with Gasteiger partial charge in [-0.2, -0.15) is 0 Å². The molecule has 7 nitrogen and oxygen atoms in total. The third-order valence-corrected chi connectivity index (χ3v) is 2.28. The Hall–Kier alpha value is -2.44. The highest BCUT2D eigenvalue weighted by Gasteiger charge is 2.16. The highest BCUT2D eigenvalue weighted by molar-refractivity contribution is 5.92. The molecule has 0 radical (unpaired) electrons. The molecule has 4 N–H and O–H groups in total. The lowest BCUT2D eigenvalue weighted by atomic mass is 10.2. The SMILES string of the molecule is CC(C)(C)OC(=O)NCCC(=O)Nc1ccc(O)cc1O. The molecule has 0 heterocycles. The van der Waals surface area contributed by atoms with Crippen LogP contribution in [0.25, 0.3) is 0 Å². The smallest absolute Gasteiger partial charge is 0.407 e. The van der Waals surface area contributed by atoms with Crippen molar-refractivity contribution in [1.29, 1.82) is 0 Å². The van der Waals surface area contributed by atoms with Crippen LogP contribution >= 0.6 is 0 Å². The number of ether oxygens (including phenoxy) is 1. The van der Waals surface area contributed by atoms with Crippen LogP contribution < -0.4 is 10.6 Å².